The first-order valence-corrected chi connectivity index (χ1v) is 8.64. The molecule has 0 unspecified atom stereocenters. The van der Waals surface area contributed by atoms with E-state index in [4.69, 9.17) is 0 Å². The van der Waals surface area contributed by atoms with Gasteiger partial charge in [-0.25, -0.2) is 4.68 Å². The number of rotatable bonds is 2. The molecule has 4 rings (SSSR count). The maximum Gasteiger partial charge on any atom is 0.257 e. The Morgan fingerprint density at radius 3 is 2.72 bits per heavy atom. The molecule has 1 aliphatic rings. The Labute approximate surface area is 147 Å². The van der Waals surface area contributed by atoms with Crippen molar-refractivity contribution in [3.05, 3.63) is 71.3 Å². The Balaban J connectivity index is 1.67. The third-order valence-corrected chi connectivity index (χ3v) is 5.19. The molecule has 128 valence electrons. The van der Waals surface area contributed by atoms with Crippen molar-refractivity contribution < 1.29 is 4.79 Å². The summed E-state index contributed by atoms with van der Waals surface area (Å²) in [5, 5.41) is 4.49. The molecule has 5 nitrogen and oxygen atoms in total. The summed E-state index contributed by atoms with van der Waals surface area (Å²) < 4.78 is 4.08. The maximum atomic E-state index is 13.2. The molecule has 0 N–H and O–H groups in total. The van der Waals surface area contributed by atoms with Gasteiger partial charge in [0.15, 0.2) is 0 Å². The van der Waals surface area contributed by atoms with Gasteiger partial charge in [0.25, 0.3) is 5.91 Å². The molecule has 1 aliphatic heterocycles. The van der Waals surface area contributed by atoms with E-state index < -0.39 is 0 Å². The van der Waals surface area contributed by atoms with Gasteiger partial charge in [-0.1, -0.05) is 18.2 Å². The van der Waals surface area contributed by atoms with E-state index in [-0.39, 0.29) is 11.9 Å². The van der Waals surface area contributed by atoms with E-state index >= 15 is 0 Å². The van der Waals surface area contributed by atoms with Gasteiger partial charge in [-0.2, -0.15) is 5.10 Å². The fourth-order valence-corrected chi connectivity index (χ4v) is 3.67. The summed E-state index contributed by atoms with van der Waals surface area (Å²) in [6, 6.07) is 12.3. The third kappa shape index (κ3) is 2.47. The molecule has 0 spiro atoms. The lowest BCUT2D eigenvalue weighted by Crippen LogP contribution is -2.40. The third-order valence-electron chi connectivity index (χ3n) is 5.19. The maximum absolute atomic E-state index is 13.2. The second kappa shape index (κ2) is 5.92. The predicted octanol–water partition coefficient (Wildman–Crippen LogP) is 3.51. The van der Waals surface area contributed by atoms with Gasteiger partial charge in [0.1, 0.15) is 0 Å². The quantitative estimate of drug-likeness (QED) is 0.720. The van der Waals surface area contributed by atoms with Crippen LogP contribution in [-0.2, 0) is 6.54 Å². The first kappa shape index (κ1) is 15.7. The van der Waals surface area contributed by atoms with Gasteiger partial charge in [-0.3, -0.25) is 4.79 Å². The van der Waals surface area contributed by atoms with E-state index in [0.717, 1.165) is 30.0 Å². The zero-order valence-electron chi connectivity index (χ0n) is 14.8. The fraction of sp³-hybridized carbons (Fsp3) is 0.300. The highest BCUT2D eigenvalue weighted by Crippen LogP contribution is 2.28. The fourth-order valence-electron chi connectivity index (χ4n) is 3.67. The Kier molecular flexibility index (Phi) is 3.71. The van der Waals surface area contributed by atoms with Crippen molar-refractivity contribution >= 4 is 5.91 Å². The number of hydrogen-bond acceptors (Lipinski definition) is 2. The van der Waals surface area contributed by atoms with Gasteiger partial charge in [0.05, 0.1) is 29.2 Å². The molecule has 0 radical (unpaired) electrons. The zero-order valence-corrected chi connectivity index (χ0v) is 14.8. The van der Waals surface area contributed by atoms with E-state index in [0.29, 0.717) is 5.56 Å². The number of aromatic nitrogens is 3. The van der Waals surface area contributed by atoms with Crippen LogP contribution in [0.15, 0.2) is 48.8 Å². The van der Waals surface area contributed by atoms with Crippen molar-refractivity contribution in [1.29, 1.82) is 0 Å². The first-order chi connectivity index (χ1) is 12.1. The minimum Gasteiger partial charge on any atom is -0.348 e. The molecule has 25 heavy (non-hydrogen) atoms. The Hall–Kier alpha value is -2.82. The van der Waals surface area contributed by atoms with Crippen molar-refractivity contribution in [2.24, 2.45) is 0 Å². The number of amides is 1. The number of hydrogen-bond donors (Lipinski definition) is 0. The van der Waals surface area contributed by atoms with E-state index in [1.54, 1.807) is 6.20 Å². The van der Waals surface area contributed by atoms with Gasteiger partial charge in [0.2, 0.25) is 0 Å². The number of nitrogens with zero attached hydrogens (tertiary/aromatic N) is 4. The molecule has 2 aromatic heterocycles. The molecule has 0 bridgehead atoms. The molecular formula is C20H22N4O. The largest absolute Gasteiger partial charge is 0.348 e. The molecule has 1 amide bonds. The highest BCUT2D eigenvalue weighted by molar-refractivity contribution is 5.95. The topological polar surface area (TPSA) is 43.1 Å². The first-order valence-electron chi connectivity index (χ1n) is 8.64. The average molecular weight is 334 g/mol. The molecule has 0 fully saturated rings. The van der Waals surface area contributed by atoms with Crippen molar-refractivity contribution in [3.63, 3.8) is 0 Å². The SMILES string of the molecule is Cc1ccccc1-n1ncc(C(=O)N2CCn3cccc3[C@@H]2C)c1C. The summed E-state index contributed by atoms with van der Waals surface area (Å²) in [5.41, 5.74) is 4.89. The summed E-state index contributed by atoms with van der Waals surface area (Å²) in [5.74, 6) is 0.0530. The van der Waals surface area contributed by atoms with Crippen LogP contribution < -0.4 is 0 Å². The number of benzene rings is 1. The van der Waals surface area contributed by atoms with E-state index in [1.807, 2.05) is 40.8 Å². The van der Waals surface area contributed by atoms with Gasteiger partial charge < -0.3 is 9.47 Å². The summed E-state index contributed by atoms with van der Waals surface area (Å²) >= 11 is 0. The Morgan fingerprint density at radius 1 is 1.12 bits per heavy atom. The second-order valence-electron chi connectivity index (χ2n) is 6.64. The molecule has 1 atom stereocenters. The normalized spacial score (nSPS) is 16.8. The smallest absolute Gasteiger partial charge is 0.257 e. The highest BCUT2D eigenvalue weighted by Gasteiger charge is 2.30. The minimum atomic E-state index is 0.0530. The molecule has 5 heteroatoms. The van der Waals surface area contributed by atoms with Crippen LogP contribution in [0.1, 0.15) is 40.3 Å². The monoisotopic (exact) mass is 334 g/mol. The second-order valence-corrected chi connectivity index (χ2v) is 6.64. The van der Waals surface area contributed by atoms with Crippen LogP contribution in [0.25, 0.3) is 5.69 Å². The zero-order chi connectivity index (χ0) is 17.6. The molecule has 0 aliphatic carbocycles. The van der Waals surface area contributed by atoms with Crippen molar-refractivity contribution in [1.82, 2.24) is 19.2 Å². The molecule has 1 aromatic carbocycles. The molecule has 3 aromatic rings. The molecule has 0 saturated carbocycles. The molecular weight excluding hydrogens is 312 g/mol. The summed E-state index contributed by atoms with van der Waals surface area (Å²) in [4.78, 5) is 15.1. The summed E-state index contributed by atoms with van der Waals surface area (Å²) in [6.45, 7) is 7.66. The number of carbonyl (C=O) groups excluding carboxylic acids is 1. The van der Waals surface area contributed by atoms with Crippen LogP contribution in [0.3, 0.4) is 0 Å². The number of fused-ring (bicyclic) bond motifs is 1. The van der Waals surface area contributed by atoms with E-state index in [9.17, 15) is 4.79 Å². The van der Waals surface area contributed by atoms with E-state index in [2.05, 4.69) is 41.8 Å². The lowest BCUT2D eigenvalue weighted by atomic mass is 10.1. The van der Waals surface area contributed by atoms with Crippen LogP contribution >= 0.6 is 0 Å². The standard InChI is InChI=1S/C20H22N4O/c1-14-7-4-5-8-18(14)24-15(2)17(13-21-24)20(25)23-12-11-22-10-6-9-19(22)16(23)3/h4-10,13,16H,11-12H2,1-3H3/t16-/m0/s1. The highest BCUT2D eigenvalue weighted by atomic mass is 16.2. The predicted molar refractivity (Wildman–Crippen MR) is 96.9 cm³/mol. The molecule has 0 saturated heterocycles. The summed E-state index contributed by atoms with van der Waals surface area (Å²) in [7, 11) is 0. The van der Waals surface area contributed by atoms with Crippen LogP contribution in [0, 0.1) is 13.8 Å². The van der Waals surface area contributed by atoms with Gasteiger partial charge >= 0.3 is 0 Å². The van der Waals surface area contributed by atoms with Crippen molar-refractivity contribution in [2.45, 2.75) is 33.4 Å². The van der Waals surface area contributed by atoms with Crippen molar-refractivity contribution in [2.75, 3.05) is 6.54 Å². The lowest BCUT2D eigenvalue weighted by Gasteiger charge is -2.34. The van der Waals surface area contributed by atoms with Gasteiger partial charge in [-0.05, 0) is 44.5 Å². The van der Waals surface area contributed by atoms with Crippen molar-refractivity contribution in [3.8, 4) is 5.69 Å². The van der Waals surface area contributed by atoms with Crippen LogP contribution in [0.4, 0.5) is 0 Å². The van der Waals surface area contributed by atoms with Crippen LogP contribution in [0.5, 0.6) is 0 Å². The number of para-hydroxylation sites is 1. The average Bonchev–Trinajstić information content (AvgIpc) is 3.22. The minimum absolute atomic E-state index is 0.0530. The lowest BCUT2D eigenvalue weighted by molar-refractivity contribution is 0.0643. The van der Waals surface area contributed by atoms with Gasteiger partial charge in [-0.15, -0.1) is 0 Å². The Morgan fingerprint density at radius 2 is 1.92 bits per heavy atom. The number of aryl methyl sites for hydroxylation is 1. The Bertz CT molecular complexity index is 937. The summed E-state index contributed by atoms with van der Waals surface area (Å²) in [6.07, 6.45) is 3.78. The molecule has 3 heterocycles. The van der Waals surface area contributed by atoms with E-state index in [1.165, 1.54) is 5.69 Å². The van der Waals surface area contributed by atoms with Gasteiger partial charge in [0, 0.05) is 25.0 Å². The van der Waals surface area contributed by atoms with Crippen LogP contribution in [0.2, 0.25) is 0 Å². The van der Waals surface area contributed by atoms with Crippen LogP contribution in [-0.4, -0.2) is 31.7 Å². The number of carbonyl (C=O) groups is 1.